The Kier molecular flexibility index (Phi) is 5.91. The molecular weight excluding hydrogens is 354 g/mol. The van der Waals surface area contributed by atoms with Crippen LogP contribution in [0.2, 0.25) is 5.02 Å². The van der Waals surface area contributed by atoms with E-state index in [1.807, 2.05) is 56.9 Å². The van der Waals surface area contributed by atoms with Crippen LogP contribution < -0.4 is 10.6 Å². The maximum atomic E-state index is 13.0. The second kappa shape index (κ2) is 7.58. The molecule has 0 bridgehead atoms. The molecule has 4 nitrogen and oxygen atoms in total. The van der Waals surface area contributed by atoms with Gasteiger partial charge in [-0.15, -0.1) is 6.58 Å². The quantitative estimate of drug-likeness (QED) is 0.616. The van der Waals surface area contributed by atoms with Crippen LogP contribution in [0, 0.1) is 0 Å². The van der Waals surface area contributed by atoms with Crippen LogP contribution in [0.5, 0.6) is 0 Å². The Balaban J connectivity index is 2.57. The Bertz CT molecular complexity index is 736. The Morgan fingerprint density at radius 3 is 2.64 bits per heavy atom. The number of carbonyl (C=O) groups is 1. The summed E-state index contributed by atoms with van der Waals surface area (Å²) in [7, 11) is 0. The number of allylic oxidation sites excluding steroid dienone is 1. The van der Waals surface area contributed by atoms with Crippen molar-refractivity contribution >= 4 is 34.8 Å². The van der Waals surface area contributed by atoms with Crippen LogP contribution in [0.1, 0.15) is 39.3 Å². The zero-order valence-electron chi connectivity index (χ0n) is 15.0. The summed E-state index contributed by atoms with van der Waals surface area (Å²) in [6, 6.07) is 7.08. The highest BCUT2D eigenvalue weighted by Crippen LogP contribution is 2.34. The van der Waals surface area contributed by atoms with Crippen molar-refractivity contribution in [2.75, 3.05) is 6.54 Å². The molecule has 1 heterocycles. The predicted molar refractivity (Wildman–Crippen MR) is 107 cm³/mol. The third-order valence-corrected chi connectivity index (χ3v) is 4.54. The van der Waals surface area contributed by atoms with E-state index < -0.39 is 6.04 Å². The van der Waals surface area contributed by atoms with Crippen molar-refractivity contribution in [2.24, 2.45) is 0 Å². The molecule has 1 aliphatic heterocycles. The van der Waals surface area contributed by atoms with Crippen molar-refractivity contribution < 1.29 is 4.79 Å². The molecular formula is C19H24ClN3OS. The molecule has 25 heavy (non-hydrogen) atoms. The Morgan fingerprint density at radius 2 is 2.08 bits per heavy atom. The summed E-state index contributed by atoms with van der Waals surface area (Å²) in [6.07, 6.45) is 1.76. The van der Waals surface area contributed by atoms with E-state index >= 15 is 0 Å². The minimum Gasteiger partial charge on any atom is -0.351 e. The first-order chi connectivity index (χ1) is 11.7. The maximum absolute atomic E-state index is 13.0. The minimum absolute atomic E-state index is 0.140. The van der Waals surface area contributed by atoms with Crippen molar-refractivity contribution in [2.45, 2.75) is 39.3 Å². The Labute approximate surface area is 159 Å². The summed E-state index contributed by atoms with van der Waals surface area (Å²) in [5, 5.41) is 7.44. The molecule has 1 aromatic carbocycles. The van der Waals surface area contributed by atoms with E-state index in [4.69, 9.17) is 23.8 Å². The number of nitrogens with zero attached hydrogens (tertiary/aromatic N) is 1. The number of nitrogens with one attached hydrogen (secondary N) is 2. The normalized spacial score (nSPS) is 18.0. The summed E-state index contributed by atoms with van der Waals surface area (Å²) in [5.74, 6) is -0.140. The van der Waals surface area contributed by atoms with Crippen LogP contribution in [-0.4, -0.2) is 28.0 Å². The van der Waals surface area contributed by atoms with E-state index in [1.165, 1.54) is 0 Å². The predicted octanol–water partition coefficient (Wildman–Crippen LogP) is 3.95. The zero-order chi connectivity index (χ0) is 18.8. The van der Waals surface area contributed by atoms with Gasteiger partial charge in [-0.3, -0.25) is 4.79 Å². The third kappa shape index (κ3) is 4.41. The summed E-state index contributed by atoms with van der Waals surface area (Å²) in [4.78, 5) is 14.9. The van der Waals surface area contributed by atoms with Gasteiger partial charge >= 0.3 is 0 Å². The number of halogens is 1. The van der Waals surface area contributed by atoms with Crippen LogP contribution in [0.3, 0.4) is 0 Å². The number of thiocarbonyl (C=S) groups is 1. The standard InChI is InChI=1S/C19H24ClN3OS/c1-6-11-23-12(2)15(17(24)22-19(3,4)5)16(21-18(23)25)13-9-7-8-10-14(13)20/h6-10,16H,1,11H2,2-5H3,(H,21,25)(H,22,24)/t16-/m0/s1. The number of hydrogen-bond donors (Lipinski definition) is 2. The Morgan fingerprint density at radius 1 is 1.44 bits per heavy atom. The fourth-order valence-electron chi connectivity index (χ4n) is 2.77. The molecule has 0 spiro atoms. The SMILES string of the molecule is C=CCN1C(=S)N[C@@H](c2ccccc2Cl)C(C(=O)NC(C)(C)C)=C1C. The van der Waals surface area contributed by atoms with E-state index in [9.17, 15) is 4.79 Å². The van der Waals surface area contributed by atoms with Gasteiger partial charge in [0, 0.05) is 22.8 Å². The molecule has 0 radical (unpaired) electrons. The molecule has 1 aliphatic rings. The fourth-order valence-corrected chi connectivity index (χ4v) is 3.35. The van der Waals surface area contributed by atoms with Crippen LogP contribution in [0.15, 0.2) is 48.2 Å². The van der Waals surface area contributed by atoms with Crippen molar-refractivity contribution in [1.29, 1.82) is 0 Å². The smallest absolute Gasteiger partial charge is 0.251 e. The van der Waals surface area contributed by atoms with Crippen molar-refractivity contribution in [3.8, 4) is 0 Å². The number of benzene rings is 1. The molecule has 0 aliphatic carbocycles. The molecule has 6 heteroatoms. The number of amides is 1. The monoisotopic (exact) mass is 377 g/mol. The molecule has 0 unspecified atom stereocenters. The third-order valence-electron chi connectivity index (χ3n) is 3.86. The summed E-state index contributed by atoms with van der Waals surface area (Å²) >= 11 is 11.9. The van der Waals surface area contributed by atoms with E-state index in [2.05, 4.69) is 17.2 Å². The van der Waals surface area contributed by atoms with Gasteiger partial charge in [-0.25, -0.2) is 0 Å². The lowest BCUT2D eigenvalue weighted by Gasteiger charge is -2.38. The van der Waals surface area contributed by atoms with E-state index in [0.717, 1.165) is 11.3 Å². The number of carbonyl (C=O) groups excluding carboxylic acids is 1. The molecule has 2 N–H and O–H groups in total. The van der Waals surface area contributed by atoms with Gasteiger partial charge in [0.1, 0.15) is 0 Å². The highest BCUT2D eigenvalue weighted by atomic mass is 35.5. The van der Waals surface area contributed by atoms with Crippen molar-refractivity contribution in [3.05, 3.63) is 58.8 Å². The maximum Gasteiger partial charge on any atom is 0.251 e. The van der Waals surface area contributed by atoms with Gasteiger partial charge in [-0.2, -0.15) is 0 Å². The lowest BCUT2D eigenvalue weighted by Crippen LogP contribution is -2.51. The first-order valence-electron chi connectivity index (χ1n) is 8.12. The lowest BCUT2D eigenvalue weighted by molar-refractivity contribution is -0.119. The Hall–Kier alpha value is -1.85. The molecule has 0 saturated heterocycles. The molecule has 2 rings (SSSR count). The molecule has 1 atom stereocenters. The van der Waals surface area contributed by atoms with E-state index in [0.29, 0.717) is 22.3 Å². The van der Waals surface area contributed by atoms with E-state index in [-0.39, 0.29) is 11.4 Å². The molecule has 0 saturated carbocycles. The molecule has 0 aromatic heterocycles. The lowest BCUT2D eigenvalue weighted by atomic mass is 9.93. The summed E-state index contributed by atoms with van der Waals surface area (Å²) in [6.45, 7) is 12.1. The van der Waals surface area contributed by atoms with Crippen molar-refractivity contribution in [3.63, 3.8) is 0 Å². The van der Waals surface area contributed by atoms with Gasteiger partial charge in [0.25, 0.3) is 5.91 Å². The van der Waals surface area contributed by atoms with Gasteiger partial charge in [-0.1, -0.05) is 35.9 Å². The van der Waals surface area contributed by atoms with Crippen LogP contribution in [0.25, 0.3) is 0 Å². The van der Waals surface area contributed by atoms with Crippen molar-refractivity contribution in [1.82, 2.24) is 15.5 Å². The van der Waals surface area contributed by atoms with Crippen LogP contribution >= 0.6 is 23.8 Å². The highest BCUT2D eigenvalue weighted by molar-refractivity contribution is 7.80. The largest absolute Gasteiger partial charge is 0.351 e. The van der Waals surface area contributed by atoms with Crippen LogP contribution in [0.4, 0.5) is 0 Å². The molecule has 0 fully saturated rings. The average molecular weight is 378 g/mol. The summed E-state index contributed by atoms with van der Waals surface area (Å²) < 4.78 is 0. The van der Waals surface area contributed by atoms with Crippen LogP contribution in [-0.2, 0) is 4.79 Å². The highest BCUT2D eigenvalue weighted by Gasteiger charge is 2.35. The summed E-state index contributed by atoms with van der Waals surface area (Å²) in [5.41, 5.74) is 1.88. The molecule has 134 valence electrons. The van der Waals surface area contributed by atoms with Gasteiger partial charge in [0.05, 0.1) is 11.6 Å². The number of rotatable bonds is 4. The van der Waals surface area contributed by atoms with E-state index in [1.54, 1.807) is 6.08 Å². The first kappa shape index (κ1) is 19.5. The first-order valence-corrected chi connectivity index (χ1v) is 8.91. The minimum atomic E-state index is -0.399. The van der Waals surface area contributed by atoms with Gasteiger partial charge < -0.3 is 15.5 Å². The molecule has 1 aromatic rings. The van der Waals surface area contributed by atoms with Gasteiger partial charge in [0.15, 0.2) is 5.11 Å². The molecule has 1 amide bonds. The second-order valence-electron chi connectivity index (χ2n) is 7.01. The van der Waals surface area contributed by atoms with Gasteiger partial charge in [-0.05, 0) is 51.5 Å². The zero-order valence-corrected chi connectivity index (χ0v) is 16.6. The average Bonchev–Trinajstić information content (AvgIpc) is 2.49. The fraction of sp³-hybridized carbons (Fsp3) is 0.368. The second-order valence-corrected chi connectivity index (χ2v) is 7.80. The van der Waals surface area contributed by atoms with Gasteiger partial charge in [0.2, 0.25) is 0 Å². The topological polar surface area (TPSA) is 44.4 Å². The number of hydrogen-bond acceptors (Lipinski definition) is 2.